The quantitative estimate of drug-likeness (QED) is 0.603. The van der Waals surface area contributed by atoms with E-state index < -0.39 is 6.09 Å². The summed E-state index contributed by atoms with van der Waals surface area (Å²) in [6.45, 7) is 1.95. The number of hydrogen-bond donors (Lipinski definition) is 0. The average molecular weight is 177 g/mol. The molecule has 1 radical (unpaired) electrons. The van der Waals surface area contributed by atoms with Gasteiger partial charge >= 0.3 is 0 Å². The molecule has 0 aliphatic carbocycles. The largest absolute Gasteiger partial charge is 0.632 e. The van der Waals surface area contributed by atoms with Gasteiger partial charge in [-0.25, -0.2) is 0 Å². The van der Waals surface area contributed by atoms with Crippen molar-refractivity contribution in [3.8, 4) is 0 Å². The Labute approximate surface area is 67.5 Å². The van der Waals surface area contributed by atoms with Gasteiger partial charge in [0, 0.05) is 32.7 Å². The Bertz CT molecular complexity index is 56.9. The van der Waals surface area contributed by atoms with Crippen LogP contribution in [0.25, 0.3) is 5.73 Å². The maximum absolute atomic E-state index is 9.49. The first kappa shape index (κ1) is 10.4. The number of ether oxygens (including phenoxy) is 1. The van der Waals surface area contributed by atoms with E-state index in [2.05, 4.69) is 4.74 Å². The summed E-state index contributed by atoms with van der Waals surface area (Å²) < 4.78 is 4.07. The Balaban J connectivity index is 0. The Morgan fingerprint density at radius 2 is 2.29 bits per heavy atom. The molecule has 0 bridgehead atoms. The predicted molar refractivity (Wildman–Crippen MR) is 21.3 cm³/mol. The van der Waals surface area contributed by atoms with Crippen molar-refractivity contribution in [1.82, 2.24) is 0 Å². The molecule has 0 unspecified atom stereocenters. The number of amides is 1. The van der Waals surface area contributed by atoms with Crippen molar-refractivity contribution in [1.29, 1.82) is 0 Å². The molecule has 0 spiro atoms. The van der Waals surface area contributed by atoms with Crippen LogP contribution >= 0.6 is 0 Å². The molecular formula is C3H6NO2Y-. The van der Waals surface area contributed by atoms with Crippen LogP contribution in [0.4, 0.5) is 4.79 Å². The van der Waals surface area contributed by atoms with Crippen LogP contribution in [0, 0.1) is 0 Å². The minimum atomic E-state index is -0.961. The first-order valence-corrected chi connectivity index (χ1v) is 1.65. The van der Waals surface area contributed by atoms with E-state index in [9.17, 15) is 4.79 Å². The summed E-state index contributed by atoms with van der Waals surface area (Å²) in [5.41, 5.74) is 6.12. The van der Waals surface area contributed by atoms with Crippen LogP contribution < -0.4 is 0 Å². The minimum absolute atomic E-state index is 0. The summed E-state index contributed by atoms with van der Waals surface area (Å²) >= 11 is 0. The SMILES string of the molecule is CCOC([NH-])=O.[Y]. The van der Waals surface area contributed by atoms with E-state index >= 15 is 0 Å². The molecule has 0 aliphatic rings. The molecule has 3 nitrogen and oxygen atoms in total. The number of hydrogen-bond acceptors (Lipinski definition) is 2. The summed E-state index contributed by atoms with van der Waals surface area (Å²) in [5, 5.41) is 0. The van der Waals surface area contributed by atoms with E-state index in [1.54, 1.807) is 6.92 Å². The number of carbonyl (C=O) groups is 1. The standard InChI is InChI=1S/C3H7NO2.Y/c1-2-6-3(4)5;/h2H2,1H3,(H2,4,5);/p-1. The van der Waals surface area contributed by atoms with Crippen LogP contribution in [0.15, 0.2) is 0 Å². The van der Waals surface area contributed by atoms with Gasteiger partial charge in [0.2, 0.25) is 6.09 Å². The van der Waals surface area contributed by atoms with E-state index in [1.165, 1.54) is 0 Å². The summed E-state index contributed by atoms with van der Waals surface area (Å²) in [6.07, 6.45) is -0.961. The molecular weight excluding hydrogens is 171 g/mol. The third-order valence-electron chi connectivity index (χ3n) is 0.275. The third kappa shape index (κ3) is 10.7. The van der Waals surface area contributed by atoms with Crippen LogP contribution in [0.5, 0.6) is 0 Å². The van der Waals surface area contributed by atoms with Crippen molar-refractivity contribution < 1.29 is 42.2 Å². The van der Waals surface area contributed by atoms with Gasteiger partial charge in [-0.3, -0.25) is 4.79 Å². The molecule has 39 valence electrons. The van der Waals surface area contributed by atoms with Gasteiger partial charge in [-0.1, -0.05) is 0 Å². The monoisotopic (exact) mass is 177 g/mol. The van der Waals surface area contributed by atoms with Gasteiger partial charge in [0.15, 0.2) is 0 Å². The molecule has 7 heavy (non-hydrogen) atoms. The van der Waals surface area contributed by atoms with E-state index in [0.29, 0.717) is 6.61 Å². The summed E-state index contributed by atoms with van der Waals surface area (Å²) in [4.78, 5) is 9.49. The summed E-state index contributed by atoms with van der Waals surface area (Å²) in [5.74, 6) is 0. The summed E-state index contributed by atoms with van der Waals surface area (Å²) in [6, 6.07) is 0. The average Bonchev–Trinajstić information content (AvgIpc) is 1.35. The fourth-order valence-electron chi connectivity index (χ4n) is 0.131. The molecule has 0 aromatic heterocycles. The molecule has 0 fully saturated rings. The Morgan fingerprint density at radius 3 is 2.29 bits per heavy atom. The van der Waals surface area contributed by atoms with E-state index in [0.717, 1.165) is 0 Å². The van der Waals surface area contributed by atoms with Gasteiger partial charge in [-0.2, -0.15) is 0 Å². The van der Waals surface area contributed by atoms with E-state index in [1.807, 2.05) is 0 Å². The van der Waals surface area contributed by atoms with E-state index in [4.69, 9.17) is 5.73 Å². The molecule has 0 aliphatic heterocycles. The van der Waals surface area contributed by atoms with E-state index in [-0.39, 0.29) is 32.7 Å². The molecule has 0 aromatic carbocycles. The number of nitrogens with one attached hydrogen (secondary N) is 1. The minimum Gasteiger partial charge on any atom is -0.632 e. The number of rotatable bonds is 1. The van der Waals surface area contributed by atoms with Gasteiger partial charge in [-0.15, -0.1) is 0 Å². The normalized spacial score (nSPS) is 6.43. The topological polar surface area (TPSA) is 50.1 Å². The fraction of sp³-hybridized carbons (Fsp3) is 0.667. The van der Waals surface area contributed by atoms with Gasteiger partial charge in [0.05, 0.1) is 6.61 Å². The molecule has 0 heterocycles. The van der Waals surface area contributed by atoms with Gasteiger partial charge in [0.25, 0.3) is 0 Å². The molecule has 0 aromatic rings. The van der Waals surface area contributed by atoms with Gasteiger partial charge in [0.1, 0.15) is 0 Å². The van der Waals surface area contributed by atoms with Crippen LogP contribution in [0.1, 0.15) is 6.92 Å². The van der Waals surface area contributed by atoms with Crippen molar-refractivity contribution in [2.45, 2.75) is 6.92 Å². The first-order chi connectivity index (χ1) is 2.77. The molecule has 1 amide bonds. The smallest absolute Gasteiger partial charge is 0.227 e. The van der Waals surface area contributed by atoms with Gasteiger partial charge < -0.3 is 10.5 Å². The van der Waals surface area contributed by atoms with Crippen molar-refractivity contribution in [3.63, 3.8) is 0 Å². The fourth-order valence-corrected chi connectivity index (χ4v) is 0.131. The predicted octanol–water partition coefficient (Wildman–Crippen LogP) is 1.19. The summed E-state index contributed by atoms with van der Waals surface area (Å²) in [7, 11) is 0. The van der Waals surface area contributed by atoms with Crippen LogP contribution in [-0.4, -0.2) is 12.7 Å². The third-order valence-corrected chi connectivity index (χ3v) is 0.275. The van der Waals surface area contributed by atoms with Gasteiger partial charge in [-0.05, 0) is 6.92 Å². The zero-order valence-electron chi connectivity index (χ0n) is 4.10. The van der Waals surface area contributed by atoms with Crippen LogP contribution in [-0.2, 0) is 37.4 Å². The van der Waals surface area contributed by atoms with Crippen molar-refractivity contribution in [2.75, 3.05) is 6.61 Å². The Kier molecular flexibility index (Phi) is 9.45. The second-order valence-electron chi connectivity index (χ2n) is 0.720. The second kappa shape index (κ2) is 6.37. The molecule has 0 saturated heterocycles. The zero-order valence-corrected chi connectivity index (χ0v) is 6.94. The molecule has 0 saturated carbocycles. The second-order valence-corrected chi connectivity index (χ2v) is 0.720. The van der Waals surface area contributed by atoms with Crippen molar-refractivity contribution >= 4 is 6.09 Å². The first-order valence-electron chi connectivity index (χ1n) is 1.65. The van der Waals surface area contributed by atoms with Crippen molar-refractivity contribution in [3.05, 3.63) is 5.73 Å². The molecule has 0 rings (SSSR count). The molecule has 1 N–H and O–H groups in total. The molecule has 0 atom stereocenters. The maximum Gasteiger partial charge on any atom is 0.227 e. The molecule has 4 heteroatoms. The number of carbonyl (C=O) groups excluding carboxylic acids is 1. The van der Waals surface area contributed by atoms with Crippen LogP contribution in [0.3, 0.4) is 0 Å². The van der Waals surface area contributed by atoms with Crippen LogP contribution in [0.2, 0.25) is 0 Å². The Morgan fingerprint density at radius 1 is 1.86 bits per heavy atom. The maximum atomic E-state index is 9.49. The Hall–Kier alpha value is 0.374. The zero-order chi connectivity index (χ0) is 4.99. The van der Waals surface area contributed by atoms with Crippen molar-refractivity contribution in [2.24, 2.45) is 0 Å².